The van der Waals surface area contributed by atoms with E-state index in [-0.39, 0.29) is 23.2 Å². The normalized spacial score (nSPS) is 19.4. The maximum absolute atomic E-state index is 12.9. The number of carbonyl (C=O) groups is 3. The number of nitrogens with zero attached hydrogens (tertiary/aromatic N) is 4. The highest BCUT2D eigenvalue weighted by atomic mass is 32.2. The highest BCUT2D eigenvalue weighted by Crippen LogP contribution is 2.41. The zero-order valence-electron chi connectivity index (χ0n) is 22.7. The first-order valence-corrected chi connectivity index (χ1v) is 13.8. The van der Waals surface area contributed by atoms with Crippen molar-refractivity contribution in [2.75, 3.05) is 37.7 Å². The van der Waals surface area contributed by atoms with Crippen LogP contribution in [0.4, 0.5) is 15.3 Å². The third kappa shape index (κ3) is 6.29. The van der Waals surface area contributed by atoms with Crippen molar-refractivity contribution in [1.29, 1.82) is 0 Å². The molecule has 36 heavy (non-hydrogen) atoms. The summed E-state index contributed by atoms with van der Waals surface area (Å²) in [7, 11) is 0. The van der Waals surface area contributed by atoms with Gasteiger partial charge < -0.3 is 14.5 Å². The molecule has 1 unspecified atom stereocenters. The Labute approximate surface area is 219 Å². The highest BCUT2D eigenvalue weighted by molar-refractivity contribution is 8.14. The van der Waals surface area contributed by atoms with Crippen molar-refractivity contribution in [3.63, 3.8) is 0 Å². The van der Waals surface area contributed by atoms with Gasteiger partial charge in [-0.05, 0) is 61.0 Å². The zero-order valence-corrected chi connectivity index (χ0v) is 23.5. The molecule has 3 amide bonds. The second-order valence-electron chi connectivity index (χ2n) is 10.5. The summed E-state index contributed by atoms with van der Waals surface area (Å²) in [5.74, 6) is 0.428. The summed E-state index contributed by atoms with van der Waals surface area (Å²) in [6.45, 7) is 17.7. The molecule has 1 atom stereocenters. The fourth-order valence-electron chi connectivity index (χ4n) is 4.60. The van der Waals surface area contributed by atoms with Crippen LogP contribution < -0.4 is 4.90 Å². The third-order valence-electron chi connectivity index (χ3n) is 6.90. The summed E-state index contributed by atoms with van der Waals surface area (Å²) in [4.78, 5) is 42.3. The van der Waals surface area contributed by atoms with Crippen molar-refractivity contribution in [3.8, 4) is 0 Å². The molecule has 1 aromatic carbocycles. The first-order chi connectivity index (χ1) is 17.0. The van der Waals surface area contributed by atoms with Gasteiger partial charge in [-0.25, -0.2) is 4.79 Å². The summed E-state index contributed by atoms with van der Waals surface area (Å²) in [5, 5.41) is 4.63. The molecule has 2 aliphatic rings. The molecule has 0 aliphatic carbocycles. The Kier molecular flexibility index (Phi) is 9.22. The van der Waals surface area contributed by atoms with Gasteiger partial charge in [-0.1, -0.05) is 59.4 Å². The van der Waals surface area contributed by atoms with Gasteiger partial charge in [0.1, 0.15) is 6.61 Å². The number of hydrogen-bond acceptors (Lipinski definition) is 7. The fraction of sp³-hybridized carbons (Fsp3) is 0.630. The average molecular weight is 517 g/mol. The SMILES string of the molecule is CCN(CC)CCOC(=O)N1N=C(c2ccc3c(c2)C(C)(C)CCN3C(=O)CC(C)C)C(C)SC1=O. The van der Waals surface area contributed by atoms with Crippen molar-refractivity contribution < 1.29 is 19.1 Å². The van der Waals surface area contributed by atoms with E-state index in [1.807, 2.05) is 37.8 Å². The quantitative estimate of drug-likeness (QED) is 0.455. The van der Waals surface area contributed by atoms with E-state index in [1.54, 1.807) is 0 Å². The second-order valence-corrected chi connectivity index (χ2v) is 11.8. The highest BCUT2D eigenvalue weighted by Gasteiger charge is 2.37. The minimum atomic E-state index is -0.757. The molecule has 0 spiro atoms. The Hall–Kier alpha value is -2.39. The maximum Gasteiger partial charge on any atom is 0.438 e. The Bertz CT molecular complexity index is 1020. The summed E-state index contributed by atoms with van der Waals surface area (Å²) < 4.78 is 5.36. The lowest BCUT2D eigenvalue weighted by atomic mass is 9.76. The van der Waals surface area contributed by atoms with Gasteiger partial charge in [-0.15, -0.1) is 5.01 Å². The number of thioether (sulfide) groups is 1. The lowest BCUT2D eigenvalue weighted by Gasteiger charge is -2.40. The Morgan fingerprint density at radius 2 is 1.94 bits per heavy atom. The number of rotatable bonds is 8. The van der Waals surface area contributed by atoms with Crippen molar-refractivity contribution in [2.45, 2.75) is 72.0 Å². The fourth-order valence-corrected chi connectivity index (χ4v) is 5.41. The lowest BCUT2D eigenvalue weighted by Crippen LogP contribution is -2.42. The Morgan fingerprint density at radius 3 is 2.58 bits per heavy atom. The Morgan fingerprint density at radius 1 is 1.25 bits per heavy atom. The number of fused-ring (bicyclic) bond motifs is 1. The minimum Gasteiger partial charge on any atom is -0.446 e. The standard InChI is InChI=1S/C27H40N4O4S/c1-8-29(9-2)14-15-35-25(33)31-26(34)36-19(5)24(28-31)20-10-11-22-21(17-20)27(6,7)12-13-30(22)23(32)16-18(3)4/h10-11,17-19H,8-9,12-16H2,1-7H3. The van der Waals surface area contributed by atoms with Gasteiger partial charge in [0.15, 0.2) is 0 Å². The van der Waals surface area contributed by atoms with Gasteiger partial charge in [0.25, 0.3) is 0 Å². The molecule has 1 aromatic rings. The van der Waals surface area contributed by atoms with Crippen LogP contribution in [0, 0.1) is 5.92 Å². The van der Waals surface area contributed by atoms with Crippen LogP contribution in [0.2, 0.25) is 0 Å². The predicted octanol–water partition coefficient (Wildman–Crippen LogP) is 5.49. The summed E-state index contributed by atoms with van der Waals surface area (Å²) in [6, 6.07) is 5.98. The number of likely N-dealkylation sites (N-methyl/N-ethyl adjacent to an activating group) is 1. The topological polar surface area (TPSA) is 82.5 Å². The lowest BCUT2D eigenvalue weighted by molar-refractivity contribution is -0.119. The van der Waals surface area contributed by atoms with Crippen LogP contribution in [0.1, 0.15) is 72.4 Å². The van der Waals surface area contributed by atoms with Crippen LogP contribution in [-0.2, 0) is 14.9 Å². The Balaban J connectivity index is 1.88. The van der Waals surface area contributed by atoms with Crippen LogP contribution >= 0.6 is 11.8 Å². The molecule has 0 bridgehead atoms. The number of amides is 3. The number of carbonyl (C=O) groups excluding carboxylic acids is 3. The second kappa shape index (κ2) is 11.8. The minimum absolute atomic E-state index is 0.121. The summed E-state index contributed by atoms with van der Waals surface area (Å²) >= 11 is 1.06. The number of imide groups is 1. The monoisotopic (exact) mass is 516 g/mol. The third-order valence-corrected chi connectivity index (χ3v) is 7.85. The molecular formula is C27H40N4O4S. The van der Waals surface area contributed by atoms with Gasteiger partial charge in [-0.3, -0.25) is 9.59 Å². The van der Waals surface area contributed by atoms with Crippen LogP contribution in [-0.4, -0.2) is 70.9 Å². The molecule has 0 fully saturated rings. The molecule has 0 saturated heterocycles. The molecule has 8 nitrogen and oxygen atoms in total. The summed E-state index contributed by atoms with van der Waals surface area (Å²) in [5.41, 5.74) is 3.37. The summed E-state index contributed by atoms with van der Waals surface area (Å²) in [6.07, 6.45) is 0.607. The van der Waals surface area contributed by atoms with Gasteiger partial charge in [0.05, 0.1) is 11.0 Å². The van der Waals surface area contributed by atoms with Crippen molar-refractivity contribution >= 4 is 40.4 Å². The molecule has 2 aliphatic heterocycles. The molecule has 3 rings (SSSR count). The predicted molar refractivity (Wildman–Crippen MR) is 146 cm³/mol. The molecule has 9 heteroatoms. The maximum atomic E-state index is 12.9. The molecule has 0 aromatic heterocycles. The van der Waals surface area contributed by atoms with E-state index in [0.717, 1.165) is 53.1 Å². The largest absolute Gasteiger partial charge is 0.446 e. The van der Waals surface area contributed by atoms with Gasteiger partial charge >= 0.3 is 11.3 Å². The number of benzene rings is 1. The van der Waals surface area contributed by atoms with Crippen molar-refractivity contribution in [3.05, 3.63) is 29.3 Å². The number of hydrogen-bond donors (Lipinski definition) is 0. The van der Waals surface area contributed by atoms with E-state index >= 15 is 0 Å². The van der Waals surface area contributed by atoms with Gasteiger partial charge in [-0.2, -0.15) is 5.10 Å². The number of hydrazone groups is 1. The first-order valence-electron chi connectivity index (χ1n) is 12.9. The first kappa shape index (κ1) is 28.2. The van der Waals surface area contributed by atoms with E-state index in [1.165, 1.54) is 0 Å². The number of ether oxygens (including phenoxy) is 1. The van der Waals surface area contributed by atoms with Gasteiger partial charge in [0.2, 0.25) is 5.91 Å². The van der Waals surface area contributed by atoms with E-state index in [9.17, 15) is 14.4 Å². The van der Waals surface area contributed by atoms with Crippen molar-refractivity contribution in [1.82, 2.24) is 9.91 Å². The molecule has 0 radical (unpaired) electrons. The molecule has 2 heterocycles. The average Bonchev–Trinajstić information content (AvgIpc) is 2.81. The van der Waals surface area contributed by atoms with Crippen LogP contribution in [0.25, 0.3) is 0 Å². The van der Waals surface area contributed by atoms with E-state index in [2.05, 4.69) is 43.8 Å². The van der Waals surface area contributed by atoms with Crippen LogP contribution in [0.5, 0.6) is 0 Å². The van der Waals surface area contributed by atoms with Crippen molar-refractivity contribution in [2.24, 2.45) is 11.0 Å². The number of anilines is 1. The van der Waals surface area contributed by atoms with E-state index < -0.39 is 11.3 Å². The molecular weight excluding hydrogens is 476 g/mol. The van der Waals surface area contributed by atoms with Gasteiger partial charge in [0, 0.05) is 25.2 Å². The zero-order chi connectivity index (χ0) is 26.6. The molecule has 0 saturated carbocycles. The smallest absolute Gasteiger partial charge is 0.438 e. The van der Waals surface area contributed by atoms with E-state index in [4.69, 9.17) is 4.74 Å². The molecule has 0 N–H and O–H groups in total. The van der Waals surface area contributed by atoms with Crippen LogP contribution in [0.3, 0.4) is 0 Å². The van der Waals surface area contributed by atoms with Crippen LogP contribution in [0.15, 0.2) is 23.3 Å². The molecule has 198 valence electrons. The van der Waals surface area contributed by atoms with E-state index in [0.29, 0.717) is 31.1 Å².